The minimum atomic E-state index is -1.07. The fraction of sp³-hybridized carbons (Fsp3) is 0.333. The standard InChI is InChI=1S/C12H16N2O3/c1-3-9-6-4-5-8(2)11(9)14-12(17)13-7-10(15)16/h4-6H,3,7H2,1-2H3,(H,15,16)(H2,13,14,17). The van der Waals surface area contributed by atoms with Gasteiger partial charge >= 0.3 is 12.0 Å². The van der Waals surface area contributed by atoms with Gasteiger partial charge in [-0.3, -0.25) is 4.79 Å². The third kappa shape index (κ3) is 3.79. The number of carbonyl (C=O) groups excluding carboxylic acids is 1. The van der Waals surface area contributed by atoms with Crippen LogP contribution in [0.15, 0.2) is 18.2 Å². The number of benzene rings is 1. The minimum absolute atomic E-state index is 0.390. The predicted octanol–water partition coefficient (Wildman–Crippen LogP) is 1.76. The molecule has 0 aliphatic heterocycles. The number of aliphatic carboxylic acids is 1. The lowest BCUT2D eigenvalue weighted by molar-refractivity contribution is -0.135. The van der Waals surface area contributed by atoms with E-state index >= 15 is 0 Å². The van der Waals surface area contributed by atoms with Gasteiger partial charge in [-0.1, -0.05) is 25.1 Å². The second-order valence-electron chi connectivity index (χ2n) is 3.66. The van der Waals surface area contributed by atoms with Crippen molar-refractivity contribution >= 4 is 17.7 Å². The number of hydrogen-bond acceptors (Lipinski definition) is 2. The van der Waals surface area contributed by atoms with Gasteiger partial charge in [0.15, 0.2) is 0 Å². The molecule has 1 aromatic carbocycles. The maximum Gasteiger partial charge on any atom is 0.323 e. The van der Waals surface area contributed by atoms with Crippen molar-refractivity contribution in [3.8, 4) is 0 Å². The van der Waals surface area contributed by atoms with Gasteiger partial charge in [0.25, 0.3) is 0 Å². The van der Waals surface area contributed by atoms with Crippen LogP contribution in [0.1, 0.15) is 18.1 Å². The van der Waals surface area contributed by atoms with E-state index in [9.17, 15) is 9.59 Å². The molecular weight excluding hydrogens is 220 g/mol. The summed E-state index contributed by atoms with van der Waals surface area (Å²) in [5.74, 6) is -1.07. The molecule has 0 aliphatic carbocycles. The van der Waals surface area contributed by atoms with E-state index in [4.69, 9.17) is 5.11 Å². The lowest BCUT2D eigenvalue weighted by Gasteiger charge is -2.12. The van der Waals surface area contributed by atoms with Crippen LogP contribution < -0.4 is 10.6 Å². The Morgan fingerprint density at radius 2 is 2.06 bits per heavy atom. The summed E-state index contributed by atoms with van der Waals surface area (Å²) in [7, 11) is 0. The topological polar surface area (TPSA) is 78.4 Å². The van der Waals surface area contributed by atoms with Crippen LogP contribution in [0.5, 0.6) is 0 Å². The molecule has 3 N–H and O–H groups in total. The first-order valence-corrected chi connectivity index (χ1v) is 5.39. The number of amides is 2. The normalized spacial score (nSPS) is 9.76. The second kappa shape index (κ2) is 5.89. The summed E-state index contributed by atoms with van der Waals surface area (Å²) in [6, 6.07) is 5.25. The van der Waals surface area contributed by atoms with Crippen LogP contribution >= 0.6 is 0 Å². The zero-order valence-corrected chi connectivity index (χ0v) is 9.91. The lowest BCUT2D eigenvalue weighted by atomic mass is 10.1. The maximum absolute atomic E-state index is 11.5. The van der Waals surface area contributed by atoms with Crippen LogP contribution in [-0.4, -0.2) is 23.7 Å². The van der Waals surface area contributed by atoms with Crippen molar-refractivity contribution in [3.63, 3.8) is 0 Å². The van der Waals surface area contributed by atoms with Crippen molar-refractivity contribution in [1.82, 2.24) is 5.32 Å². The molecule has 1 aromatic rings. The van der Waals surface area contributed by atoms with Crippen molar-refractivity contribution in [3.05, 3.63) is 29.3 Å². The number of para-hydroxylation sites is 1. The maximum atomic E-state index is 11.5. The third-order valence-electron chi connectivity index (χ3n) is 2.38. The van der Waals surface area contributed by atoms with Crippen LogP contribution in [0.25, 0.3) is 0 Å². The molecule has 5 nitrogen and oxygen atoms in total. The van der Waals surface area contributed by atoms with E-state index < -0.39 is 12.0 Å². The Morgan fingerprint density at radius 1 is 1.35 bits per heavy atom. The molecule has 0 spiro atoms. The number of nitrogens with one attached hydrogen (secondary N) is 2. The Kier molecular flexibility index (Phi) is 4.51. The van der Waals surface area contributed by atoms with Gasteiger partial charge in [0.1, 0.15) is 6.54 Å². The lowest BCUT2D eigenvalue weighted by Crippen LogP contribution is -2.33. The van der Waals surface area contributed by atoms with Gasteiger partial charge in [-0.2, -0.15) is 0 Å². The molecule has 0 aromatic heterocycles. The highest BCUT2D eigenvalue weighted by molar-refractivity contribution is 5.92. The van der Waals surface area contributed by atoms with Gasteiger partial charge in [0.2, 0.25) is 0 Å². The highest BCUT2D eigenvalue weighted by Gasteiger charge is 2.08. The average Bonchev–Trinajstić information content (AvgIpc) is 2.29. The van der Waals surface area contributed by atoms with Gasteiger partial charge in [-0.05, 0) is 24.5 Å². The van der Waals surface area contributed by atoms with E-state index in [0.29, 0.717) is 0 Å². The van der Waals surface area contributed by atoms with Gasteiger partial charge in [0, 0.05) is 5.69 Å². The minimum Gasteiger partial charge on any atom is -0.480 e. The quantitative estimate of drug-likeness (QED) is 0.745. The molecule has 0 radical (unpaired) electrons. The molecule has 92 valence electrons. The molecule has 1 rings (SSSR count). The number of aryl methyl sites for hydroxylation is 2. The average molecular weight is 236 g/mol. The summed E-state index contributed by atoms with van der Waals surface area (Å²) >= 11 is 0. The molecule has 0 saturated carbocycles. The number of carboxylic acids is 1. The Labute approximate surface area is 99.8 Å². The molecule has 0 heterocycles. The fourth-order valence-electron chi connectivity index (χ4n) is 1.52. The highest BCUT2D eigenvalue weighted by Crippen LogP contribution is 2.20. The molecule has 0 bridgehead atoms. The van der Waals surface area contributed by atoms with Gasteiger partial charge in [0.05, 0.1) is 0 Å². The van der Waals surface area contributed by atoms with E-state index in [2.05, 4.69) is 10.6 Å². The number of carboxylic acid groups (broad SMARTS) is 1. The molecule has 0 fully saturated rings. The smallest absolute Gasteiger partial charge is 0.323 e. The van der Waals surface area contributed by atoms with Crippen molar-refractivity contribution in [1.29, 1.82) is 0 Å². The predicted molar refractivity (Wildman–Crippen MR) is 65.2 cm³/mol. The van der Waals surface area contributed by atoms with Crippen LogP contribution in [0.3, 0.4) is 0 Å². The third-order valence-corrected chi connectivity index (χ3v) is 2.38. The Hall–Kier alpha value is -2.04. The first kappa shape index (κ1) is 13.0. The number of rotatable bonds is 4. The monoisotopic (exact) mass is 236 g/mol. The zero-order valence-electron chi connectivity index (χ0n) is 9.91. The highest BCUT2D eigenvalue weighted by atomic mass is 16.4. The summed E-state index contributed by atoms with van der Waals surface area (Å²) in [6.07, 6.45) is 0.802. The molecule has 0 unspecified atom stereocenters. The SMILES string of the molecule is CCc1cccc(C)c1NC(=O)NCC(=O)O. The Balaban J connectivity index is 2.73. The zero-order chi connectivity index (χ0) is 12.8. The molecule has 2 amide bonds. The molecule has 0 aliphatic rings. The van der Waals surface area contributed by atoms with Crippen LogP contribution in [-0.2, 0) is 11.2 Å². The summed E-state index contributed by atoms with van der Waals surface area (Å²) < 4.78 is 0. The number of anilines is 1. The largest absolute Gasteiger partial charge is 0.480 e. The summed E-state index contributed by atoms with van der Waals surface area (Å²) in [6.45, 7) is 3.50. The summed E-state index contributed by atoms with van der Waals surface area (Å²) in [5.41, 5.74) is 2.73. The van der Waals surface area contributed by atoms with Gasteiger partial charge in [-0.15, -0.1) is 0 Å². The van der Waals surface area contributed by atoms with Gasteiger partial charge < -0.3 is 15.7 Å². The van der Waals surface area contributed by atoms with Crippen molar-refractivity contribution in [2.24, 2.45) is 0 Å². The van der Waals surface area contributed by atoms with E-state index in [1.165, 1.54) is 0 Å². The van der Waals surface area contributed by atoms with Gasteiger partial charge in [-0.25, -0.2) is 4.79 Å². The number of carbonyl (C=O) groups is 2. The molecular formula is C12H16N2O3. The van der Waals surface area contributed by atoms with Crippen molar-refractivity contribution in [2.45, 2.75) is 20.3 Å². The van der Waals surface area contributed by atoms with Crippen molar-refractivity contribution < 1.29 is 14.7 Å². The first-order valence-electron chi connectivity index (χ1n) is 5.39. The van der Waals surface area contributed by atoms with E-state index in [-0.39, 0.29) is 6.54 Å². The second-order valence-corrected chi connectivity index (χ2v) is 3.66. The summed E-state index contributed by atoms with van der Waals surface area (Å²) in [5, 5.41) is 13.4. The van der Waals surface area contributed by atoms with E-state index in [1.807, 2.05) is 32.0 Å². The van der Waals surface area contributed by atoms with E-state index in [0.717, 1.165) is 23.2 Å². The Bertz CT molecular complexity index is 430. The number of hydrogen-bond donors (Lipinski definition) is 3. The number of urea groups is 1. The molecule has 5 heteroatoms. The fourth-order valence-corrected chi connectivity index (χ4v) is 1.52. The van der Waals surface area contributed by atoms with Crippen molar-refractivity contribution in [2.75, 3.05) is 11.9 Å². The first-order chi connectivity index (χ1) is 8.04. The molecule has 17 heavy (non-hydrogen) atoms. The van der Waals surface area contributed by atoms with Crippen LogP contribution in [0.4, 0.5) is 10.5 Å². The molecule has 0 atom stereocenters. The van der Waals surface area contributed by atoms with E-state index in [1.54, 1.807) is 0 Å². The van der Waals surface area contributed by atoms with Crippen LogP contribution in [0.2, 0.25) is 0 Å². The Morgan fingerprint density at radius 3 is 2.65 bits per heavy atom. The summed E-state index contributed by atoms with van der Waals surface area (Å²) in [4.78, 5) is 21.8. The van der Waals surface area contributed by atoms with Crippen LogP contribution in [0, 0.1) is 6.92 Å². The molecule has 0 saturated heterocycles.